The van der Waals surface area contributed by atoms with Crippen molar-refractivity contribution < 1.29 is 14.3 Å². The van der Waals surface area contributed by atoms with Crippen LogP contribution in [0, 0.1) is 6.92 Å². The fraction of sp³-hybridized carbons (Fsp3) is 0.235. The predicted molar refractivity (Wildman–Crippen MR) is 161 cm³/mol. The number of fused-ring (bicyclic) bond motifs is 1. The van der Waals surface area contributed by atoms with Crippen LogP contribution < -0.4 is 14.9 Å². The Kier molecular flexibility index (Phi) is 7.97. The smallest absolute Gasteiger partial charge is 0.200 e. The van der Waals surface area contributed by atoms with Crippen molar-refractivity contribution in [3.63, 3.8) is 0 Å². The fourth-order valence-corrected chi connectivity index (χ4v) is 4.74. The maximum atomic E-state index is 13.4. The average molecular weight is 548 g/mol. The van der Waals surface area contributed by atoms with E-state index in [9.17, 15) is 9.59 Å². The van der Waals surface area contributed by atoms with E-state index in [2.05, 4.69) is 16.9 Å². The normalized spacial score (nSPS) is 11.2. The van der Waals surface area contributed by atoms with Crippen molar-refractivity contribution in [1.82, 2.24) is 14.5 Å². The van der Waals surface area contributed by atoms with Gasteiger partial charge >= 0.3 is 0 Å². The van der Waals surface area contributed by atoms with Gasteiger partial charge in [0.15, 0.2) is 11.2 Å². The van der Waals surface area contributed by atoms with Gasteiger partial charge in [-0.3, -0.25) is 19.6 Å². The van der Waals surface area contributed by atoms with Crippen LogP contribution in [-0.4, -0.2) is 27.4 Å². The summed E-state index contributed by atoms with van der Waals surface area (Å²) >= 11 is 0. The second kappa shape index (κ2) is 11.8. The molecule has 0 saturated carbocycles. The molecule has 0 N–H and O–H groups in total. The number of methoxy groups -OCH3 is 1. The molecule has 0 saturated heterocycles. The van der Waals surface area contributed by atoms with E-state index in [1.54, 1.807) is 43.9 Å². The summed E-state index contributed by atoms with van der Waals surface area (Å²) in [6.07, 6.45) is 7.59. The largest absolute Gasteiger partial charge is 0.496 e. The Morgan fingerprint density at radius 3 is 2.41 bits per heavy atom. The number of rotatable bonds is 9. The summed E-state index contributed by atoms with van der Waals surface area (Å²) in [5.74, 6) is 1.66. The molecule has 0 unspecified atom stereocenters. The second-order valence-electron chi connectivity index (χ2n) is 10.4. The van der Waals surface area contributed by atoms with E-state index >= 15 is 0 Å². The Hall–Kier alpha value is -4.78. The number of carbonyl (C=O) groups excluding carboxylic acids is 1. The van der Waals surface area contributed by atoms with Gasteiger partial charge in [-0.25, -0.2) is 0 Å². The number of ketones is 1. The topological polar surface area (TPSA) is 83.3 Å². The van der Waals surface area contributed by atoms with Crippen LogP contribution in [0.15, 0.2) is 84.2 Å². The Bertz CT molecular complexity index is 1770. The van der Waals surface area contributed by atoms with Crippen molar-refractivity contribution in [3.05, 3.63) is 112 Å². The number of nitrogens with zero attached hydrogens (tertiary/aromatic N) is 3. The number of hydrogen-bond donors (Lipinski definition) is 0. The molecule has 5 aromatic rings. The summed E-state index contributed by atoms with van der Waals surface area (Å²) in [5, 5.41) is 0.829. The number of carbonyl (C=O) groups is 1. The van der Waals surface area contributed by atoms with Gasteiger partial charge < -0.3 is 14.0 Å². The summed E-state index contributed by atoms with van der Waals surface area (Å²) in [6.45, 7) is 8.10. The summed E-state index contributed by atoms with van der Waals surface area (Å²) in [7, 11) is 1.65. The molecule has 41 heavy (non-hydrogen) atoms. The van der Waals surface area contributed by atoms with Gasteiger partial charge in [0.05, 0.1) is 30.8 Å². The highest BCUT2D eigenvalue weighted by Crippen LogP contribution is 2.33. The molecule has 0 fully saturated rings. The monoisotopic (exact) mass is 547 g/mol. The molecule has 0 radical (unpaired) electrons. The van der Waals surface area contributed by atoms with Gasteiger partial charge in [-0.1, -0.05) is 36.8 Å². The van der Waals surface area contributed by atoms with Crippen molar-refractivity contribution in [1.29, 1.82) is 0 Å². The molecular formula is C34H33N3O4. The molecule has 7 heteroatoms. The van der Waals surface area contributed by atoms with Crippen LogP contribution in [0.1, 0.15) is 54.0 Å². The van der Waals surface area contributed by atoms with E-state index < -0.39 is 0 Å². The van der Waals surface area contributed by atoms with Gasteiger partial charge in [0.1, 0.15) is 17.2 Å². The average Bonchev–Trinajstić information content (AvgIpc) is 2.98. The van der Waals surface area contributed by atoms with Crippen LogP contribution in [0.3, 0.4) is 0 Å². The maximum Gasteiger partial charge on any atom is 0.200 e. The van der Waals surface area contributed by atoms with Gasteiger partial charge in [-0.05, 0) is 68.7 Å². The zero-order valence-electron chi connectivity index (χ0n) is 24.0. The summed E-state index contributed by atoms with van der Waals surface area (Å²) in [5.41, 5.74) is 4.72. The van der Waals surface area contributed by atoms with Crippen molar-refractivity contribution in [2.24, 2.45) is 0 Å². The minimum atomic E-state index is -0.279. The lowest BCUT2D eigenvalue weighted by Gasteiger charge is -2.15. The van der Waals surface area contributed by atoms with Crippen LogP contribution in [0.25, 0.3) is 22.0 Å². The Morgan fingerprint density at radius 2 is 1.76 bits per heavy atom. The number of benzene rings is 2. The first-order chi connectivity index (χ1) is 19.8. The Labute approximate surface area is 239 Å². The Balaban J connectivity index is 1.39. The fourth-order valence-electron chi connectivity index (χ4n) is 4.74. The van der Waals surface area contributed by atoms with E-state index in [-0.39, 0.29) is 29.2 Å². The first-order valence-corrected chi connectivity index (χ1v) is 13.7. The molecule has 3 aromatic heterocycles. The van der Waals surface area contributed by atoms with Crippen LogP contribution in [0.2, 0.25) is 0 Å². The molecule has 7 nitrogen and oxygen atoms in total. The summed E-state index contributed by atoms with van der Waals surface area (Å²) in [6, 6.07) is 17.1. The third-order valence-corrected chi connectivity index (χ3v) is 7.16. The lowest BCUT2D eigenvalue weighted by Crippen LogP contribution is -2.22. The zero-order valence-corrected chi connectivity index (χ0v) is 24.0. The number of ether oxygens (including phenoxy) is 2. The number of Topliss-reactive ketones (excluding diaryl/α,β-unsaturated/α-hetero) is 1. The van der Waals surface area contributed by atoms with E-state index in [0.717, 1.165) is 39.8 Å². The van der Waals surface area contributed by atoms with Crippen molar-refractivity contribution in [2.75, 3.05) is 7.11 Å². The highest BCUT2D eigenvalue weighted by molar-refractivity contribution is 5.98. The summed E-state index contributed by atoms with van der Waals surface area (Å²) < 4.78 is 13.6. The molecular weight excluding hydrogens is 514 g/mol. The standard InChI is InChI=1S/C34H33N3O4/c1-6-23-15-30-27(17-33(23)40-5)32(13-14-35-30)41-26-12-11-25(36-18-26)16-31(38)29-20-37(21(2)3)19-28(34(29)39)24-9-7-22(4)8-10-24/h7-15,17-21H,6,16H2,1-5H3. The number of aryl methyl sites for hydroxylation is 2. The quantitative estimate of drug-likeness (QED) is 0.183. The second-order valence-corrected chi connectivity index (χ2v) is 10.4. The van der Waals surface area contributed by atoms with Crippen LogP contribution in [-0.2, 0) is 12.8 Å². The third-order valence-electron chi connectivity index (χ3n) is 7.16. The molecule has 0 amide bonds. The molecule has 0 bridgehead atoms. The lowest BCUT2D eigenvalue weighted by molar-refractivity contribution is 0.0990. The Morgan fingerprint density at radius 1 is 0.976 bits per heavy atom. The van der Waals surface area contributed by atoms with Crippen molar-refractivity contribution >= 4 is 16.7 Å². The minimum Gasteiger partial charge on any atom is -0.496 e. The van der Waals surface area contributed by atoms with Crippen LogP contribution >= 0.6 is 0 Å². The highest BCUT2D eigenvalue weighted by Gasteiger charge is 2.18. The SMILES string of the molecule is CCc1cc2nccc(Oc3ccc(CC(=O)c4cn(C(C)C)cc(-c5ccc(C)cc5)c4=O)nc3)c2cc1OC. The van der Waals surface area contributed by atoms with Gasteiger partial charge in [-0.15, -0.1) is 0 Å². The first kappa shape index (κ1) is 27.8. The lowest BCUT2D eigenvalue weighted by atomic mass is 10.00. The van der Waals surface area contributed by atoms with Crippen LogP contribution in [0.4, 0.5) is 0 Å². The summed E-state index contributed by atoms with van der Waals surface area (Å²) in [4.78, 5) is 35.7. The number of pyridine rings is 3. The molecule has 0 aliphatic rings. The van der Waals surface area contributed by atoms with E-state index in [4.69, 9.17) is 9.47 Å². The first-order valence-electron chi connectivity index (χ1n) is 13.7. The van der Waals surface area contributed by atoms with Gasteiger partial charge in [0, 0.05) is 41.3 Å². The molecule has 0 aliphatic carbocycles. The number of aromatic nitrogens is 3. The molecule has 208 valence electrons. The molecule has 5 rings (SSSR count). The van der Waals surface area contributed by atoms with Gasteiger partial charge in [0.2, 0.25) is 0 Å². The van der Waals surface area contributed by atoms with Gasteiger partial charge in [-0.2, -0.15) is 0 Å². The van der Waals surface area contributed by atoms with E-state index in [0.29, 0.717) is 22.8 Å². The van der Waals surface area contributed by atoms with Gasteiger partial charge in [0.25, 0.3) is 0 Å². The van der Waals surface area contributed by atoms with Crippen molar-refractivity contribution in [3.8, 4) is 28.4 Å². The molecule has 2 aromatic carbocycles. The molecule has 0 atom stereocenters. The maximum absolute atomic E-state index is 13.4. The zero-order chi connectivity index (χ0) is 29.1. The molecule has 3 heterocycles. The molecule has 0 aliphatic heterocycles. The van der Waals surface area contributed by atoms with E-state index in [1.807, 2.05) is 67.9 Å². The third kappa shape index (κ3) is 5.89. The molecule has 0 spiro atoms. The van der Waals surface area contributed by atoms with Crippen LogP contribution in [0.5, 0.6) is 17.2 Å². The van der Waals surface area contributed by atoms with E-state index in [1.165, 1.54) is 0 Å². The predicted octanol–water partition coefficient (Wildman–Crippen LogP) is 7.14. The number of hydrogen-bond acceptors (Lipinski definition) is 6. The van der Waals surface area contributed by atoms with Crippen molar-refractivity contribution in [2.45, 2.75) is 46.6 Å². The minimum absolute atomic E-state index is 0.000146. The highest BCUT2D eigenvalue weighted by atomic mass is 16.5.